The molecule has 2 nitrogen and oxygen atoms in total. The molecule has 1 aliphatic rings. The fraction of sp³-hybridized carbons (Fsp3) is 0.462. The van der Waals surface area contributed by atoms with E-state index in [4.69, 9.17) is 0 Å². The molecule has 0 radical (unpaired) electrons. The molecule has 0 aromatic heterocycles. The Morgan fingerprint density at radius 3 is 2.62 bits per heavy atom. The van der Waals surface area contributed by atoms with Gasteiger partial charge in [0.1, 0.15) is 0 Å². The SMILES string of the molecule is Cc1ccc([C@]2(F)CCCCNC2=O)cc1. The Labute approximate surface area is 94.9 Å². The van der Waals surface area contributed by atoms with E-state index in [1.807, 2.05) is 19.1 Å². The van der Waals surface area contributed by atoms with Crippen molar-refractivity contribution in [2.45, 2.75) is 31.9 Å². The molecule has 1 saturated heterocycles. The monoisotopic (exact) mass is 221 g/mol. The molecular weight excluding hydrogens is 205 g/mol. The van der Waals surface area contributed by atoms with Crippen molar-refractivity contribution in [1.82, 2.24) is 5.32 Å². The average Bonchev–Trinajstić information content (AvgIpc) is 2.44. The molecule has 16 heavy (non-hydrogen) atoms. The van der Waals surface area contributed by atoms with Crippen LogP contribution < -0.4 is 5.32 Å². The van der Waals surface area contributed by atoms with Crippen molar-refractivity contribution in [3.63, 3.8) is 0 Å². The van der Waals surface area contributed by atoms with E-state index < -0.39 is 11.6 Å². The zero-order valence-electron chi connectivity index (χ0n) is 9.42. The van der Waals surface area contributed by atoms with Crippen LogP contribution in [0.5, 0.6) is 0 Å². The maximum Gasteiger partial charge on any atom is 0.262 e. The number of aryl methyl sites for hydroxylation is 1. The first kappa shape index (κ1) is 11.1. The number of alkyl halides is 1. The summed E-state index contributed by atoms with van der Waals surface area (Å²) in [6, 6.07) is 7.10. The predicted octanol–water partition coefficient (Wildman–Crippen LogP) is 2.46. The normalized spacial score (nSPS) is 26.0. The summed E-state index contributed by atoms with van der Waals surface area (Å²) >= 11 is 0. The first-order valence-electron chi connectivity index (χ1n) is 5.67. The van der Waals surface area contributed by atoms with Gasteiger partial charge in [0.25, 0.3) is 5.91 Å². The van der Waals surface area contributed by atoms with Crippen molar-refractivity contribution in [2.24, 2.45) is 0 Å². The summed E-state index contributed by atoms with van der Waals surface area (Å²) in [7, 11) is 0. The van der Waals surface area contributed by atoms with Crippen molar-refractivity contribution in [2.75, 3.05) is 6.54 Å². The largest absolute Gasteiger partial charge is 0.353 e. The molecule has 0 aliphatic carbocycles. The molecule has 0 saturated carbocycles. The topological polar surface area (TPSA) is 29.1 Å². The highest BCUT2D eigenvalue weighted by Crippen LogP contribution is 2.33. The number of benzene rings is 1. The number of nitrogens with one attached hydrogen (secondary N) is 1. The van der Waals surface area contributed by atoms with Gasteiger partial charge in [-0.2, -0.15) is 0 Å². The molecule has 1 amide bonds. The summed E-state index contributed by atoms with van der Waals surface area (Å²) in [6.45, 7) is 2.53. The van der Waals surface area contributed by atoms with Crippen molar-refractivity contribution >= 4 is 5.91 Å². The van der Waals surface area contributed by atoms with E-state index in [-0.39, 0.29) is 6.42 Å². The number of halogens is 1. The van der Waals surface area contributed by atoms with Gasteiger partial charge in [-0.15, -0.1) is 0 Å². The third kappa shape index (κ3) is 1.94. The highest BCUT2D eigenvalue weighted by atomic mass is 19.1. The Kier molecular flexibility index (Phi) is 2.95. The molecular formula is C13H16FNO. The zero-order valence-corrected chi connectivity index (χ0v) is 9.42. The zero-order chi connectivity index (χ0) is 11.6. The Morgan fingerprint density at radius 1 is 1.25 bits per heavy atom. The Hall–Kier alpha value is -1.38. The quantitative estimate of drug-likeness (QED) is 0.775. The van der Waals surface area contributed by atoms with Crippen molar-refractivity contribution in [1.29, 1.82) is 0 Å². The maximum absolute atomic E-state index is 14.7. The van der Waals surface area contributed by atoms with Gasteiger partial charge in [-0.1, -0.05) is 29.8 Å². The highest BCUT2D eigenvalue weighted by Gasteiger charge is 2.40. The molecule has 1 aromatic rings. The summed E-state index contributed by atoms with van der Waals surface area (Å²) in [5.74, 6) is -0.492. The number of amides is 1. The Balaban J connectivity index is 2.34. The lowest BCUT2D eigenvalue weighted by Crippen LogP contribution is -2.39. The Bertz CT molecular complexity index is 387. The number of hydrogen-bond donors (Lipinski definition) is 1. The van der Waals surface area contributed by atoms with E-state index in [0.29, 0.717) is 12.1 Å². The molecule has 0 unspecified atom stereocenters. The van der Waals surface area contributed by atoms with Crippen molar-refractivity contribution < 1.29 is 9.18 Å². The van der Waals surface area contributed by atoms with Crippen LogP contribution in [0.2, 0.25) is 0 Å². The first-order chi connectivity index (χ1) is 7.63. The molecule has 3 heteroatoms. The van der Waals surface area contributed by atoms with Crippen LogP contribution in [-0.4, -0.2) is 12.5 Å². The number of hydrogen-bond acceptors (Lipinski definition) is 1. The van der Waals surface area contributed by atoms with E-state index in [1.54, 1.807) is 12.1 Å². The fourth-order valence-corrected chi connectivity index (χ4v) is 2.04. The first-order valence-corrected chi connectivity index (χ1v) is 5.67. The summed E-state index contributed by atoms with van der Waals surface area (Å²) in [4.78, 5) is 11.7. The van der Waals surface area contributed by atoms with Gasteiger partial charge in [0.05, 0.1) is 0 Å². The predicted molar refractivity (Wildman–Crippen MR) is 60.8 cm³/mol. The lowest BCUT2D eigenvalue weighted by molar-refractivity contribution is -0.133. The van der Waals surface area contributed by atoms with Crippen LogP contribution in [0.15, 0.2) is 24.3 Å². The minimum atomic E-state index is -1.84. The van der Waals surface area contributed by atoms with E-state index in [0.717, 1.165) is 18.4 Å². The van der Waals surface area contributed by atoms with Crippen molar-refractivity contribution in [3.8, 4) is 0 Å². The van der Waals surface area contributed by atoms with Crippen LogP contribution in [0.4, 0.5) is 4.39 Å². The van der Waals surface area contributed by atoms with Gasteiger partial charge in [0.15, 0.2) is 0 Å². The summed E-state index contributed by atoms with van der Waals surface area (Å²) < 4.78 is 14.7. The van der Waals surface area contributed by atoms with Crippen LogP contribution in [0.3, 0.4) is 0 Å². The van der Waals surface area contributed by atoms with Gasteiger partial charge in [0, 0.05) is 6.54 Å². The van der Waals surface area contributed by atoms with E-state index >= 15 is 0 Å². The second-order valence-corrected chi connectivity index (χ2v) is 4.38. The lowest BCUT2D eigenvalue weighted by atomic mass is 9.90. The van der Waals surface area contributed by atoms with Gasteiger partial charge in [-0.3, -0.25) is 4.79 Å². The number of carbonyl (C=O) groups excluding carboxylic acids is 1. The van der Waals surface area contributed by atoms with E-state index in [2.05, 4.69) is 5.32 Å². The average molecular weight is 221 g/mol. The van der Waals surface area contributed by atoms with Crippen LogP contribution in [0.1, 0.15) is 30.4 Å². The minimum absolute atomic E-state index is 0.280. The molecule has 1 N–H and O–H groups in total. The van der Waals surface area contributed by atoms with Gasteiger partial charge >= 0.3 is 0 Å². The smallest absolute Gasteiger partial charge is 0.262 e. The highest BCUT2D eigenvalue weighted by molar-refractivity contribution is 5.86. The molecule has 1 fully saturated rings. The molecule has 1 atom stereocenters. The van der Waals surface area contributed by atoms with Crippen LogP contribution in [0.25, 0.3) is 0 Å². The molecule has 0 bridgehead atoms. The number of carbonyl (C=O) groups is 1. The summed E-state index contributed by atoms with van der Waals surface area (Å²) in [5.41, 5.74) is -0.302. The van der Waals surface area contributed by atoms with E-state index in [9.17, 15) is 9.18 Å². The standard InChI is InChI=1S/C13H16FNO/c1-10-4-6-11(7-5-10)13(14)8-2-3-9-15-12(13)16/h4-7H,2-3,8-9H2,1H3,(H,15,16)/t13-/m1/s1. The Morgan fingerprint density at radius 2 is 1.94 bits per heavy atom. The van der Waals surface area contributed by atoms with Gasteiger partial charge < -0.3 is 5.32 Å². The second kappa shape index (κ2) is 4.24. The third-order valence-corrected chi connectivity index (χ3v) is 3.10. The second-order valence-electron chi connectivity index (χ2n) is 4.38. The van der Waals surface area contributed by atoms with E-state index in [1.165, 1.54) is 0 Å². The van der Waals surface area contributed by atoms with Crippen molar-refractivity contribution in [3.05, 3.63) is 35.4 Å². The summed E-state index contributed by atoms with van der Waals surface area (Å²) in [5, 5.41) is 2.63. The molecule has 1 aromatic carbocycles. The molecule has 86 valence electrons. The third-order valence-electron chi connectivity index (χ3n) is 3.10. The maximum atomic E-state index is 14.7. The molecule has 2 rings (SSSR count). The molecule has 1 aliphatic heterocycles. The fourth-order valence-electron chi connectivity index (χ4n) is 2.04. The van der Waals surface area contributed by atoms with Crippen LogP contribution in [-0.2, 0) is 10.5 Å². The summed E-state index contributed by atoms with van der Waals surface area (Å²) in [6.07, 6.45) is 1.87. The molecule has 1 heterocycles. The van der Waals surface area contributed by atoms with Crippen LogP contribution in [0, 0.1) is 6.92 Å². The van der Waals surface area contributed by atoms with Gasteiger partial charge in [-0.25, -0.2) is 4.39 Å². The van der Waals surface area contributed by atoms with Gasteiger partial charge in [-0.05, 0) is 31.7 Å². The lowest BCUT2D eigenvalue weighted by Gasteiger charge is -2.22. The molecule has 0 spiro atoms. The minimum Gasteiger partial charge on any atom is -0.353 e. The van der Waals surface area contributed by atoms with Gasteiger partial charge in [0.2, 0.25) is 5.67 Å². The number of rotatable bonds is 1. The van der Waals surface area contributed by atoms with Crippen LogP contribution >= 0.6 is 0 Å².